The van der Waals surface area contributed by atoms with Crippen molar-refractivity contribution in [3.8, 4) is 0 Å². The van der Waals surface area contributed by atoms with E-state index in [1.165, 1.54) is 0 Å². The number of hydrogen-bond acceptors (Lipinski definition) is 4. The van der Waals surface area contributed by atoms with Crippen LogP contribution in [0, 0.1) is 0 Å². The second kappa shape index (κ2) is 7.11. The summed E-state index contributed by atoms with van der Waals surface area (Å²) in [4.78, 5) is 16.3. The minimum Gasteiger partial charge on any atom is -0.310 e. The molecule has 0 fully saturated rings. The summed E-state index contributed by atoms with van der Waals surface area (Å²) in [6.45, 7) is 5.19. The zero-order chi connectivity index (χ0) is 13.5. The molecule has 0 bridgehead atoms. The van der Waals surface area contributed by atoms with E-state index < -0.39 is 0 Å². The number of hydrogen-bond donors (Lipinski definition) is 1. The van der Waals surface area contributed by atoms with Crippen molar-refractivity contribution in [1.82, 2.24) is 14.7 Å². The zero-order valence-corrected chi connectivity index (χ0v) is 11.5. The first kappa shape index (κ1) is 13.8. The Morgan fingerprint density at radius 2 is 2.37 bits per heavy atom. The second-order valence-electron chi connectivity index (χ2n) is 4.05. The molecule has 0 spiro atoms. The predicted octanol–water partition coefficient (Wildman–Crippen LogP) is 1.70. The van der Waals surface area contributed by atoms with Gasteiger partial charge in [-0.05, 0) is 12.1 Å². The molecular weight excluding hydrogens is 258 g/mol. The minimum atomic E-state index is -0.0385. The quantitative estimate of drug-likeness (QED) is 0.617. The minimum absolute atomic E-state index is 0.0385. The molecule has 0 aliphatic rings. The molecule has 2 aromatic heterocycles. The molecule has 0 aliphatic heterocycles. The van der Waals surface area contributed by atoms with Crippen LogP contribution in [0.5, 0.6) is 0 Å². The Morgan fingerprint density at radius 1 is 1.47 bits per heavy atom. The Hall–Kier alpha value is -1.59. The molecule has 0 amide bonds. The van der Waals surface area contributed by atoms with E-state index >= 15 is 0 Å². The van der Waals surface area contributed by atoms with E-state index in [-0.39, 0.29) is 5.56 Å². The van der Waals surface area contributed by atoms with Crippen molar-refractivity contribution in [2.75, 3.05) is 18.1 Å². The second-order valence-corrected chi connectivity index (χ2v) is 5.20. The molecule has 100 valence electrons. The Labute approximate surface area is 116 Å². The first-order chi connectivity index (χ1) is 9.31. The summed E-state index contributed by atoms with van der Waals surface area (Å²) < 4.78 is 1.55. The number of rotatable bonds is 7. The highest BCUT2D eigenvalue weighted by Crippen LogP contribution is 2.00. The standard InChI is InChI=1S/C14H17N3OS/c1-2-8-19-9-6-15-11-12-10-14(18)17-7-4-3-5-13(17)16-12/h2-5,7,10,15H,1,6,8-9,11H2. The molecule has 1 N–H and O–H groups in total. The van der Waals surface area contributed by atoms with Crippen LogP contribution < -0.4 is 10.9 Å². The highest BCUT2D eigenvalue weighted by molar-refractivity contribution is 7.99. The highest BCUT2D eigenvalue weighted by Gasteiger charge is 2.00. The van der Waals surface area contributed by atoms with Gasteiger partial charge in [0.25, 0.3) is 5.56 Å². The van der Waals surface area contributed by atoms with Crippen LogP contribution in [0.25, 0.3) is 5.65 Å². The largest absolute Gasteiger partial charge is 0.310 e. The maximum atomic E-state index is 11.9. The molecule has 4 nitrogen and oxygen atoms in total. The maximum absolute atomic E-state index is 11.9. The molecule has 5 heteroatoms. The lowest BCUT2D eigenvalue weighted by molar-refractivity contribution is 0.713. The molecule has 2 heterocycles. The van der Waals surface area contributed by atoms with E-state index in [0.717, 1.165) is 23.7 Å². The molecular formula is C14H17N3OS. The summed E-state index contributed by atoms with van der Waals surface area (Å²) >= 11 is 1.83. The summed E-state index contributed by atoms with van der Waals surface area (Å²) in [6, 6.07) is 7.12. The molecule has 0 atom stereocenters. The number of pyridine rings is 1. The first-order valence-electron chi connectivity index (χ1n) is 6.18. The topological polar surface area (TPSA) is 46.4 Å². The summed E-state index contributed by atoms with van der Waals surface area (Å²) in [5.41, 5.74) is 1.43. The van der Waals surface area contributed by atoms with Gasteiger partial charge < -0.3 is 5.32 Å². The summed E-state index contributed by atoms with van der Waals surface area (Å²) in [5, 5.41) is 3.29. The molecule has 0 radical (unpaired) electrons. The third-order valence-electron chi connectivity index (χ3n) is 2.59. The van der Waals surface area contributed by atoms with Crippen LogP contribution in [0.15, 0.2) is 47.9 Å². The monoisotopic (exact) mass is 275 g/mol. The van der Waals surface area contributed by atoms with Crippen molar-refractivity contribution in [3.63, 3.8) is 0 Å². The number of aromatic nitrogens is 2. The van der Waals surface area contributed by atoms with Crippen LogP contribution in [0.3, 0.4) is 0 Å². The third kappa shape index (κ3) is 3.94. The van der Waals surface area contributed by atoms with Crippen molar-refractivity contribution in [1.29, 1.82) is 0 Å². The van der Waals surface area contributed by atoms with E-state index in [1.807, 2.05) is 36.0 Å². The fourth-order valence-corrected chi connectivity index (χ4v) is 2.34. The Bertz CT molecular complexity index is 609. The third-order valence-corrected chi connectivity index (χ3v) is 3.55. The van der Waals surface area contributed by atoms with Crippen molar-refractivity contribution < 1.29 is 0 Å². The van der Waals surface area contributed by atoms with E-state index in [9.17, 15) is 4.79 Å². The lowest BCUT2D eigenvalue weighted by Crippen LogP contribution is -2.21. The van der Waals surface area contributed by atoms with Crippen LogP contribution in [-0.2, 0) is 6.54 Å². The van der Waals surface area contributed by atoms with Gasteiger partial charge in [-0.2, -0.15) is 11.8 Å². The van der Waals surface area contributed by atoms with Gasteiger partial charge in [0.1, 0.15) is 5.65 Å². The van der Waals surface area contributed by atoms with Gasteiger partial charge in [-0.15, -0.1) is 6.58 Å². The van der Waals surface area contributed by atoms with Gasteiger partial charge in [0.2, 0.25) is 0 Å². The van der Waals surface area contributed by atoms with Crippen molar-refractivity contribution >= 4 is 17.4 Å². The average Bonchev–Trinajstić information content (AvgIpc) is 2.43. The average molecular weight is 275 g/mol. The molecule has 0 unspecified atom stereocenters. The maximum Gasteiger partial charge on any atom is 0.258 e. The van der Waals surface area contributed by atoms with Crippen LogP contribution in [0.4, 0.5) is 0 Å². The summed E-state index contributed by atoms with van der Waals surface area (Å²) in [7, 11) is 0. The Balaban J connectivity index is 1.94. The van der Waals surface area contributed by atoms with Crippen LogP contribution in [-0.4, -0.2) is 27.4 Å². The van der Waals surface area contributed by atoms with Gasteiger partial charge in [0, 0.05) is 36.9 Å². The van der Waals surface area contributed by atoms with Gasteiger partial charge >= 0.3 is 0 Å². The van der Waals surface area contributed by atoms with Gasteiger partial charge in [-0.1, -0.05) is 12.1 Å². The Kier molecular flexibility index (Phi) is 5.18. The van der Waals surface area contributed by atoms with Crippen LogP contribution in [0.1, 0.15) is 5.69 Å². The van der Waals surface area contributed by atoms with Crippen LogP contribution >= 0.6 is 11.8 Å². The zero-order valence-electron chi connectivity index (χ0n) is 10.7. The number of nitrogens with zero attached hydrogens (tertiary/aromatic N) is 2. The van der Waals surface area contributed by atoms with Crippen molar-refractivity contribution in [2.45, 2.75) is 6.54 Å². The first-order valence-corrected chi connectivity index (χ1v) is 7.33. The highest BCUT2D eigenvalue weighted by atomic mass is 32.2. The van der Waals surface area contributed by atoms with Gasteiger partial charge in [-0.3, -0.25) is 9.20 Å². The van der Waals surface area contributed by atoms with Crippen molar-refractivity contribution in [2.24, 2.45) is 0 Å². The molecule has 0 saturated heterocycles. The fourth-order valence-electron chi connectivity index (χ4n) is 1.72. The predicted molar refractivity (Wildman–Crippen MR) is 80.7 cm³/mol. The summed E-state index contributed by atoms with van der Waals surface area (Å²) in [6.07, 6.45) is 3.63. The molecule has 0 aliphatic carbocycles. The normalized spacial score (nSPS) is 10.7. The van der Waals surface area contributed by atoms with Crippen molar-refractivity contribution in [3.05, 3.63) is 59.2 Å². The molecule has 0 aromatic carbocycles. The SMILES string of the molecule is C=CCSCCNCc1cc(=O)n2ccccc2n1. The lowest BCUT2D eigenvalue weighted by atomic mass is 10.3. The van der Waals surface area contributed by atoms with Crippen LogP contribution in [0.2, 0.25) is 0 Å². The molecule has 2 aromatic rings. The lowest BCUT2D eigenvalue weighted by Gasteiger charge is -2.05. The van der Waals surface area contributed by atoms with E-state index in [0.29, 0.717) is 12.2 Å². The van der Waals surface area contributed by atoms with E-state index in [1.54, 1.807) is 16.7 Å². The smallest absolute Gasteiger partial charge is 0.258 e. The fraction of sp³-hybridized carbons (Fsp3) is 0.286. The van der Waals surface area contributed by atoms with E-state index in [4.69, 9.17) is 0 Å². The van der Waals surface area contributed by atoms with Gasteiger partial charge in [0.05, 0.1) is 5.69 Å². The number of thioether (sulfide) groups is 1. The van der Waals surface area contributed by atoms with Gasteiger partial charge in [-0.25, -0.2) is 4.98 Å². The number of nitrogens with one attached hydrogen (secondary N) is 1. The summed E-state index contributed by atoms with van der Waals surface area (Å²) in [5.74, 6) is 2.00. The van der Waals surface area contributed by atoms with Gasteiger partial charge in [0.15, 0.2) is 0 Å². The molecule has 0 saturated carbocycles. The number of fused-ring (bicyclic) bond motifs is 1. The molecule has 2 rings (SSSR count). The molecule has 19 heavy (non-hydrogen) atoms. The van der Waals surface area contributed by atoms with E-state index in [2.05, 4.69) is 16.9 Å². The Morgan fingerprint density at radius 3 is 3.21 bits per heavy atom.